The number of fused-ring (bicyclic) bond motifs is 1. The van der Waals surface area contributed by atoms with E-state index in [1.165, 1.54) is 7.11 Å². The van der Waals surface area contributed by atoms with Gasteiger partial charge in [-0.05, 0) is 39.0 Å². The zero-order valence-electron chi connectivity index (χ0n) is 19.0. The standard InChI is InChI=1S/C22H32N4O5/c1-22(2,3)31-21(28)25-10-8-24(9-11-25)15-19-23-17-7-6-16(20(27)30-5)14-18(17)26(19)12-13-29-4/h6-7,14H,8-13,15H2,1-5H3. The number of imidazole rings is 1. The molecule has 2 aromatic rings. The molecule has 1 aliphatic heterocycles. The summed E-state index contributed by atoms with van der Waals surface area (Å²) >= 11 is 0. The molecule has 0 spiro atoms. The third kappa shape index (κ3) is 5.74. The predicted molar refractivity (Wildman–Crippen MR) is 116 cm³/mol. The van der Waals surface area contributed by atoms with Crippen LogP contribution in [0.2, 0.25) is 0 Å². The SMILES string of the molecule is COCCn1c(CN2CCN(C(=O)OC(C)(C)C)CC2)nc2ccc(C(=O)OC)cc21. The number of nitrogens with zero attached hydrogens (tertiary/aromatic N) is 4. The molecule has 0 aliphatic carbocycles. The van der Waals surface area contributed by atoms with Crippen molar-refractivity contribution < 1.29 is 23.8 Å². The number of rotatable bonds is 6. The number of hydrogen-bond acceptors (Lipinski definition) is 7. The summed E-state index contributed by atoms with van der Waals surface area (Å²) in [6, 6.07) is 5.38. The number of piperazine rings is 1. The highest BCUT2D eigenvalue weighted by Gasteiger charge is 2.26. The maximum absolute atomic E-state index is 12.3. The van der Waals surface area contributed by atoms with Crippen LogP contribution in [0.3, 0.4) is 0 Å². The zero-order chi connectivity index (χ0) is 22.6. The van der Waals surface area contributed by atoms with Crippen LogP contribution >= 0.6 is 0 Å². The average molecular weight is 433 g/mol. The van der Waals surface area contributed by atoms with Gasteiger partial charge in [-0.3, -0.25) is 4.90 Å². The van der Waals surface area contributed by atoms with E-state index in [9.17, 15) is 9.59 Å². The summed E-state index contributed by atoms with van der Waals surface area (Å²) in [5.41, 5.74) is 1.70. The van der Waals surface area contributed by atoms with Crippen molar-refractivity contribution in [3.05, 3.63) is 29.6 Å². The summed E-state index contributed by atoms with van der Waals surface area (Å²) in [6.07, 6.45) is -0.269. The van der Waals surface area contributed by atoms with Crippen LogP contribution in [0.5, 0.6) is 0 Å². The van der Waals surface area contributed by atoms with E-state index in [2.05, 4.69) is 9.47 Å². The van der Waals surface area contributed by atoms with Crippen LogP contribution < -0.4 is 0 Å². The number of amides is 1. The quantitative estimate of drug-likeness (QED) is 0.649. The number of aromatic nitrogens is 2. The fourth-order valence-electron chi connectivity index (χ4n) is 3.59. The summed E-state index contributed by atoms with van der Waals surface area (Å²) < 4.78 is 17.7. The van der Waals surface area contributed by atoms with Gasteiger partial charge in [0.05, 0.1) is 36.9 Å². The summed E-state index contributed by atoms with van der Waals surface area (Å²) in [4.78, 5) is 33.1. The molecular formula is C22H32N4O5. The molecule has 0 bridgehead atoms. The van der Waals surface area contributed by atoms with Gasteiger partial charge in [-0.2, -0.15) is 0 Å². The average Bonchev–Trinajstić information content (AvgIpc) is 3.06. The van der Waals surface area contributed by atoms with Gasteiger partial charge in [0, 0.05) is 39.8 Å². The molecule has 3 rings (SSSR count). The number of ether oxygens (including phenoxy) is 3. The second kappa shape index (κ2) is 9.65. The molecule has 9 nitrogen and oxygen atoms in total. The third-order valence-electron chi connectivity index (χ3n) is 5.16. The monoisotopic (exact) mass is 432 g/mol. The fraction of sp³-hybridized carbons (Fsp3) is 0.591. The van der Waals surface area contributed by atoms with Gasteiger partial charge in [0.2, 0.25) is 0 Å². The van der Waals surface area contributed by atoms with Gasteiger partial charge in [0.15, 0.2) is 0 Å². The first-order chi connectivity index (χ1) is 14.7. The lowest BCUT2D eigenvalue weighted by Crippen LogP contribution is -2.49. The highest BCUT2D eigenvalue weighted by Crippen LogP contribution is 2.21. The van der Waals surface area contributed by atoms with Crippen LogP contribution in [0.15, 0.2) is 18.2 Å². The van der Waals surface area contributed by atoms with Crippen molar-refractivity contribution in [2.24, 2.45) is 0 Å². The number of benzene rings is 1. The molecule has 1 aliphatic rings. The Hall–Kier alpha value is -2.65. The molecule has 1 amide bonds. The molecule has 31 heavy (non-hydrogen) atoms. The zero-order valence-corrected chi connectivity index (χ0v) is 19.0. The Bertz CT molecular complexity index is 926. The number of carbonyl (C=O) groups excluding carboxylic acids is 2. The fourth-order valence-corrected chi connectivity index (χ4v) is 3.59. The van der Waals surface area contributed by atoms with Crippen molar-refractivity contribution in [3.8, 4) is 0 Å². The largest absolute Gasteiger partial charge is 0.465 e. The van der Waals surface area contributed by atoms with Crippen LogP contribution in [0, 0.1) is 0 Å². The highest BCUT2D eigenvalue weighted by molar-refractivity contribution is 5.93. The summed E-state index contributed by atoms with van der Waals surface area (Å²) in [5.74, 6) is 0.529. The maximum atomic E-state index is 12.3. The lowest BCUT2D eigenvalue weighted by Gasteiger charge is -2.35. The molecule has 170 valence electrons. The Balaban J connectivity index is 1.74. The van der Waals surface area contributed by atoms with Crippen LogP contribution in [0.4, 0.5) is 4.79 Å². The van der Waals surface area contributed by atoms with E-state index < -0.39 is 5.60 Å². The Morgan fingerprint density at radius 2 is 1.81 bits per heavy atom. The van der Waals surface area contributed by atoms with Crippen molar-refractivity contribution in [3.63, 3.8) is 0 Å². The molecule has 0 unspecified atom stereocenters. The Labute approximate surface area is 182 Å². The molecule has 0 radical (unpaired) electrons. The van der Waals surface area contributed by atoms with Gasteiger partial charge in [0.1, 0.15) is 11.4 Å². The first kappa shape index (κ1) is 23.0. The topological polar surface area (TPSA) is 86.1 Å². The van der Waals surface area contributed by atoms with E-state index in [0.717, 1.165) is 29.9 Å². The number of methoxy groups -OCH3 is 2. The number of hydrogen-bond donors (Lipinski definition) is 0. The molecule has 1 aromatic carbocycles. The smallest absolute Gasteiger partial charge is 0.410 e. The first-order valence-electron chi connectivity index (χ1n) is 10.5. The molecule has 1 saturated heterocycles. The second-order valence-corrected chi connectivity index (χ2v) is 8.61. The Kier molecular flexibility index (Phi) is 7.17. The van der Waals surface area contributed by atoms with E-state index in [1.54, 1.807) is 18.1 Å². The van der Waals surface area contributed by atoms with Crippen molar-refractivity contribution in [1.29, 1.82) is 0 Å². The van der Waals surface area contributed by atoms with Gasteiger partial charge >= 0.3 is 12.1 Å². The number of esters is 1. The van der Waals surface area contributed by atoms with E-state index in [0.29, 0.717) is 38.3 Å². The van der Waals surface area contributed by atoms with Crippen molar-refractivity contribution in [2.45, 2.75) is 39.5 Å². The molecule has 0 saturated carbocycles. The Morgan fingerprint density at radius 3 is 2.42 bits per heavy atom. The predicted octanol–water partition coefficient (Wildman–Crippen LogP) is 2.52. The molecule has 0 atom stereocenters. The van der Waals surface area contributed by atoms with Crippen LogP contribution in [-0.4, -0.2) is 84.0 Å². The first-order valence-corrected chi connectivity index (χ1v) is 10.5. The normalized spacial score (nSPS) is 15.3. The van der Waals surface area contributed by atoms with Crippen molar-refractivity contribution >= 4 is 23.1 Å². The summed E-state index contributed by atoms with van der Waals surface area (Å²) in [6.45, 7) is 10.1. The van der Waals surface area contributed by atoms with Crippen LogP contribution in [0.1, 0.15) is 37.0 Å². The van der Waals surface area contributed by atoms with E-state index in [-0.39, 0.29) is 12.1 Å². The lowest BCUT2D eigenvalue weighted by atomic mass is 10.2. The molecule has 1 fully saturated rings. The molecule has 2 heterocycles. The van der Waals surface area contributed by atoms with Crippen LogP contribution in [-0.2, 0) is 27.3 Å². The Morgan fingerprint density at radius 1 is 1.10 bits per heavy atom. The summed E-state index contributed by atoms with van der Waals surface area (Å²) in [7, 11) is 3.03. The molecule has 9 heteroatoms. The molecule has 0 N–H and O–H groups in total. The van der Waals surface area contributed by atoms with E-state index in [4.69, 9.17) is 19.2 Å². The van der Waals surface area contributed by atoms with Crippen molar-refractivity contribution in [1.82, 2.24) is 19.4 Å². The van der Waals surface area contributed by atoms with Gasteiger partial charge < -0.3 is 23.7 Å². The van der Waals surface area contributed by atoms with Gasteiger partial charge in [-0.15, -0.1) is 0 Å². The highest BCUT2D eigenvalue weighted by atomic mass is 16.6. The minimum atomic E-state index is -0.497. The third-order valence-corrected chi connectivity index (χ3v) is 5.16. The summed E-state index contributed by atoms with van der Waals surface area (Å²) in [5, 5.41) is 0. The van der Waals surface area contributed by atoms with Gasteiger partial charge in [-0.25, -0.2) is 14.6 Å². The maximum Gasteiger partial charge on any atom is 0.410 e. The van der Waals surface area contributed by atoms with Crippen LogP contribution in [0.25, 0.3) is 11.0 Å². The van der Waals surface area contributed by atoms with Gasteiger partial charge in [-0.1, -0.05) is 0 Å². The number of carbonyl (C=O) groups is 2. The second-order valence-electron chi connectivity index (χ2n) is 8.61. The van der Waals surface area contributed by atoms with Crippen molar-refractivity contribution in [2.75, 3.05) is 47.0 Å². The molecular weight excluding hydrogens is 400 g/mol. The molecule has 1 aromatic heterocycles. The minimum Gasteiger partial charge on any atom is -0.465 e. The van der Waals surface area contributed by atoms with Gasteiger partial charge in [0.25, 0.3) is 0 Å². The minimum absolute atomic E-state index is 0.269. The van der Waals surface area contributed by atoms with E-state index >= 15 is 0 Å². The lowest BCUT2D eigenvalue weighted by molar-refractivity contribution is 0.0136. The van der Waals surface area contributed by atoms with E-state index in [1.807, 2.05) is 32.9 Å².